The third-order valence-electron chi connectivity index (χ3n) is 4.42. The highest BCUT2D eigenvalue weighted by Gasteiger charge is 2.36. The third-order valence-corrected chi connectivity index (χ3v) is 7.08. The van der Waals surface area contributed by atoms with Crippen molar-refractivity contribution in [2.24, 2.45) is 10.1 Å². The second-order valence-electron chi connectivity index (χ2n) is 6.40. The Hall–Kier alpha value is -1.58. The molecule has 0 bridgehead atoms. The Morgan fingerprint density at radius 2 is 2.11 bits per heavy atom. The zero-order valence-corrected chi connectivity index (χ0v) is 19.1. The lowest BCUT2D eigenvalue weighted by atomic mass is 10.1. The van der Waals surface area contributed by atoms with Gasteiger partial charge in [0, 0.05) is 11.0 Å². The van der Waals surface area contributed by atoms with Gasteiger partial charge in [0.05, 0.1) is 9.83 Å². The maximum Gasteiger partial charge on any atom is 0.276 e. The van der Waals surface area contributed by atoms with E-state index in [1.165, 1.54) is 0 Å². The second kappa shape index (κ2) is 8.42. The Bertz CT molecular complexity index is 1050. The Morgan fingerprint density at radius 1 is 1.29 bits per heavy atom. The smallest absolute Gasteiger partial charge is 0.276 e. The lowest BCUT2D eigenvalue weighted by Crippen LogP contribution is -2.50. The fourth-order valence-corrected chi connectivity index (χ4v) is 4.55. The highest BCUT2D eigenvalue weighted by molar-refractivity contribution is 9.13. The van der Waals surface area contributed by atoms with Gasteiger partial charge in [-0.3, -0.25) is 10.1 Å². The van der Waals surface area contributed by atoms with Crippen LogP contribution in [0, 0.1) is 0 Å². The summed E-state index contributed by atoms with van der Waals surface area (Å²) in [5.74, 6) is 1.33. The summed E-state index contributed by atoms with van der Waals surface area (Å²) in [6, 6.07) is 9.43. The van der Waals surface area contributed by atoms with Crippen LogP contribution in [0.3, 0.4) is 0 Å². The van der Waals surface area contributed by atoms with Gasteiger partial charge in [-0.2, -0.15) is 0 Å². The van der Waals surface area contributed by atoms with E-state index < -0.39 is 6.17 Å². The molecule has 0 saturated carbocycles. The number of nitrogens with one attached hydrogen (secondary N) is 1. The van der Waals surface area contributed by atoms with Crippen molar-refractivity contribution >= 4 is 60.4 Å². The number of hydrazone groups is 1. The SMILES string of the molecule is CCCCCSC1=NN2C(=c3ccccc3=N[C@@H]2c2cc(Br)c(Br)o2)C(=O)N1. The summed E-state index contributed by atoms with van der Waals surface area (Å²) in [4.78, 5) is 17.8. The van der Waals surface area contributed by atoms with Crippen molar-refractivity contribution in [3.05, 3.63) is 55.8 Å². The zero-order chi connectivity index (χ0) is 19.7. The number of furan rings is 1. The molecule has 1 aromatic heterocycles. The Kier molecular flexibility index (Phi) is 5.93. The first-order valence-electron chi connectivity index (χ1n) is 9.02. The summed E-state index contributed by atoms with van der Waals surface area (Å²) in [5.41, 5.74) is 0.483. The van der Waals surface area contributed by atoms with E-state index in [9.17, 15) is 4.79 Å². The Labute approximate surface area is 183 Å². The number of amidine groups is 1. The molecule has 0 saturated heterocycles. The van der Waals surface area contributed by atoms with Crippen molar-refractivity contribution in [1.82, 2.24) is 10.3 Å². The minimum absolute atomic E-state index is 0.176. The lowest BCUT2D eigenvalue weighted by molar-refractivity contribution is -0.116. The van der Waals surface area contributed by atoms with Crippen LogP contribution < -0.4 is 15.9 Å². The van der Waals surface area contributed by atoms with Gasteiger partial charge in [-0.1, -0.05) is 49.7 Å². The molecule has 1 atom stereocenters. The van der Waals surface area contributed by atoms with Gasteiger partial charge in [-0.05, 0) is 50.4 Å². The number of rotatable bonds is 5. The van der Waals surface area contributed by atoms with Crippen LogP contribution in [0.25, 0.3) is 5.70 Å². The van der Waals surface area contributed by atoms with Gasteiger partial charge in [0.1, 0.15) is 5.70 Å². The van der Waals surface area contributed by atoms with Crippen molar-refractivity contribution in [2.45, 2.75) is 32.4 Å². The number of fused-ring (bicyclic) bond motifs is 2. The predicted molar refractivity (Wildman–Crippen MR) is 117 cm³/mol. The first-order valence-corrected chi connectivity index (χ1v) is 11.6. The molecule has 0 spiro atoms. The van der Waals surface area contributed by atoms with Gasteiger partial charge in [-0.25, -0.2) is 10.0 Å². The highest BCUT2D eigenvalue weighted by atomic mass is 79.9. The molecular formula is C19H18Br2N4O2S. The van der Waals surface area contributed by atoms with Crippen LogP contribution in [0.2, 0.25) is 0 Å². The molecule has 0 fully saturated rings. The normalized spacial score (nSPS) is 18.2. The van der Waals surface area contributed by atoms with Crippen LogP contribution in [0.5, 0.6) is 0 Å². The molecule has 0 unspecified atom stereocenters. The molecule has 2 aromatic rings. The molecule has 0 aliphatic carbocycles. The molecule has 1 N–H and O–H groups in total. The van der Waals surface area contributed by atoms with Crippen LogP contribution in [0.4, 0.5) is 0 Å². The van der Waals surface area contributed by atoms with Crippen LogP contribution in [-0.4, -0.2) is 21.8 Å². The maximum absolute atomic E-state index is 13.0. The maximum atomic E-state index is 13.0. The number of benzene rings is 1. The van der Waals surface area contributed by atoms with Crippen LogP contribution >= 0.6 is 43.6 Å². The highest BCUT2D eigenvalue weighted by Crippen LogP contribution is 2.36. The van der Waals surface area contributed by atoms with Gasteiger partial charge in [-0.15, -0.1) is 5.10 Å². The molecule has 1 amide bonds. The summed E-state index contributed by atoms with van der Waals surface area (Å²) in [7, 11) is 0. The largest absolute Gasteiger partial charge is 0.449 e. The quantitative estimate of drug-likeness (QED) is 0.601. The van der Waals surface area contributed by atoms with E-state index >= 15 is 0 Å². The number of para-hydroxylation sites is 1. The average molecular weight is 526 g/mol. The van der Waals surface area contributed by atoms with E-state index in [0.29, 0.717) is 21.3 Å². The first-order chi connectivity index (χ1) is 13.6. The van der Waals surface area contributed by atoms with E-state index in [4.69, 9.17) is 14.5 Å². The molecule has 2 aliphatic heterocycles. The lowest BCUT2D eigenvalue weighted by Gasteiger charge is -2.32. The van der Waals surface area contributed by atoms with Gasteiger partial charge in [0.25, 0.3) is 5.91 Å². The second-order valence-corrected chi connectivity index (χ2v) is 9.06. The number of unbranched alkanes of at least 4 members (excludes halogenated alkanes) is 2. The number of hydrogen-bond donors (Lipinski definition) is 1. The van der Waals surface area contributed by atoms with E-state index in [-0.39, 0.29) is 5.91 Å². The number of hydrogen-bond acceptors (Lipinski definition) is 6. The van der Waals surface area contributed by atoms with Crippen LogP contribution in [-0.2, 0) is 4.79 Å². The topological polar surface area (TPSA) is 70.2 Å². The van der Waals surface area contributed by atoms with E-state index in [0.717, 1.165) is 40.1 Å². The Morgan fingerprint density at radius 3 is 2.86 bits per heavy atom. The molecule has 4 rings (SSSR count). The summed E-state index contributed by atoms with van der Waals surface area (Å²) >= 11 is 8.38. The first kappa shape index (κ1) is 19.7. The minimum atomic E-state index is -0.551. The van der Waals surface area contributed by atoms with Crippen molar-refractivity contribution < 1.29 is 9.21 Å². The van der Waals surface area contributed by atoms with Crippen LogP contribution in [0.1, 0.15) is 38.1 Å². The van der Waals surface area contributed by atoms with Crippen molar-refractivity contribution in [1.29, 1.82) is 0 Å². The zero-order valence-electron chi connectivity index (χ0n) is 15.1. The third kappa shape index (κ3) is 3.79. The Balaban J connectivity index is 1.77. The molecule has 6 nitrogen and oxygen atoms in total. The number of carbonyl (C=O) groups is 1. The molecule has 3 heterocycles. The summed E-state index contributed by atoms with van der Waals surface area (Å²) in [5, 5.41) is 11.4. The summed E-state index contributed by atoms with van der Waals surface area (Å²) in [6.07, 6.45) is 2.85. The van der Waals surface area contributed by atoms with Gasteiger partial charge in [0.2, 0.25) is 6.17 Å². The monoisotopic (exact) mass is 524 g/mol. The van der Waals surface area contributed by atoms with Gasteiger partial charge >= 0.3 is 0 Å². The van der Waals surface area contributed by atoms with Gasteiger partial charge < -0.3 is 4.42 Å². The average Bonchev–Trinajstić information content (AvgIpc) is 3.02. The number of amides is 1. The van der Waals surface area contributed by atoms with Crippen molar-refractivity contribution in [3.8, 4) is 0 Å². The fraction of sp³-hybridized carbons (Fsp3) is 0.316. The molecule has 0 radical (unpaired) electrons. The number of carbonyl (C=O) groups excluding carboxylic acids is 1. The predicted octanol–water partition coefficient (Wildman–Crippen LogP) is 3.87. The van der Waals surface area contributed by atoms with Crippen LogP contribution in [0.15, 0.2) is 54.0 Å². The summed E-state index contributed by atoms with van der Waals surface area (Å²) in [6.45, 7) is 2.17. The standard InChI is InChI=1S/C19H18Br2N4O2S/c1-2-3-6-9-28-19-23-18(26)15-11-7-4-5-8-13(11)22-17(25(15)24-19)14-10-12(20)16(21)27-14/h4-5,7-8,10,17H,2-3,6,9H2,1H3,(H,23,24,26)/t17-/m0/s1. The molecule has 28 heavy (non-hydrogen) atoms. The van der Waals surface area contributed by atoms with E-state index in [2.05, 4.69) is 44.1 Å². The molecule has 146 valence electrons. The number of thioether (sulfide) groups is 1. The van der Waals surface area contributed by atoms with Crippen molar-refractivity contribution in [2.75, 3.05) is 5.75 Å². The van der Waals surface area contributed by atoms with Crippen molar-refractivity contribution in [3.63, 3.8) is 0 Å². The molecule has 1 aromatic carbocycles. The fourth-order valence-electron chi connectivity index (χ4n) is 3.09. The van der Waals surface area contributed by atoms with E-state index in [1.54, 1.807) is 16.8 Å². The molecule has 9 heteroatoms. The molecular weight excluding hydrogens is 508 g/mol. The number of nitrogens with zero attached hydrogens (tertiary/aromatic N) is 3. The minimum Gasteiger partial charge on any atom is -0.449 e. The van der Waals surface area contributed by atoms with Gasteiger partial charge in [0.15, 0.2) is 15.6 Å². The molecule has 2 aliphatic rings. The summed E-state index contributed by atoms with van der Waals surface area (Å²) < 4.78 is 7.19. The number of halogens is 2. The van der Waals surface area contributed by atoms with E-state index in [1.807, 2.05) is 30.3 Å².